The molecule has 118 valence electrons. The number of hydrogen-bond donors (Lipinski definition) is 1. The van der Waals surface area contributed by atoms with Gasteiger partial charge in [0.05, 0.1) is 5.92 Å². The SMILES string of the molecule is O=C(Nc1ccccc1)[C@H]1CCCC/C1=C/Cc1ccccc1. The molecule has 3 rings (SSSR count). The highest BCUT2D eigenvalue weighted by Gasteiger charge is 2.25. The number of para-hydroxylation sites is 1. The van der Waals surface area contributed by atoms with E-state index in [2.05, 4.69) is 35.7 Å². The maximum Gasteiger partial charge on any atom is 0.231 e. The van der Waals surface area contributed by atoms with Gasteiger partial charge in [-0.05, 0) is 43.4 Å². The lowest BCUT2D eigenvalue weighted by Gasteiger charge is -2.25. The number of hydrogen-bond acceptors (Lipinski definition) is 1. The molecule has 2 aromatic carbocycles. The van der Waals surface area contributed by atoms with Crippen molar-refractivity contribution in [3.8, 4) is 0 Å². The van der Waals surface area contributed by atoms with Gasteiger partial charge in [-0.2, -0.15) is 0 Å². The number of nitrogens with one attached hydrogen (secondary N) is 1. The molecule has 1 saturated carbocycles. The number of carbonyl (C=O) groups excluding carboxylic acids is 1. The van der Waals surface area contributed by atoms with Crippen molar-refractivity contribution in [3.05, 3.63) is 77.9 Å². The minimum absolute atomic E-state index is 0.0210. The monoisotopic (exact) mass is 305 g/mol. The van der Waals surface area contributed by atoms with Crippen LogP contribution >= 0.6 is 0 Å². The molecular formula is C21H23NO. The molecule has 0 radical (unpaired) electrons. The number of rotatable bonds is 4. The smallest absolute Gasteiger partial charge is 0.231 e. The first kappa shape index (κ1) is 15.5. The first-order valence-electron chi connectivity index (χ1n) is 8.42. The molecule has 1 aliphatic rings. The van der Waals surface area contributed by atoms with Gasteiger partial charge in [-0.15, -0.1) is 0 Å². The van der Waals surface area contributed by atoms with Gasteiger partial charge in [0.15, 0.2) is 0 Å². The van der Waals surface area contributed by atoms with Crippen molar-refractivity contribution < 1.29 is 4.79 Å². The van der Waals surface area contributed by atoms with Gasteiger partial charge < -0.3 is 5.32 Å². The van der Waals surface area contributed by atoms with E-state index in [-0.39, 0.29) is 11.8 Å². The average Bonchev–Trinajstić information content (AvgIpc) is 2.62. The molecule has 1 fully saturated rings. The molecule has 2 heteroatoms. The van der Waals surface area contributed by atoms with Crippen LogP contribution in [0.3, 0.4) is 0 Å². The second-order valence-electron chi connectivity index (χ2n) is 6.12. The van der Waals surface area contributed by atoms with Crippen LogP contribution in [0.1, 0.15) is 31.2 Å². The third-order valence-electron chi connectivity index (χ3n) is 4.46. The second-order valence-corrected chi connectivity index (χ2v) is 6.12. The Morgan fingerprint density at radius 1 is 1.00 bits per heavy atom. The third kappa shape index (κ3) is 4.32. The lowest BCUT2D eigenvalue weighted by atomic mass is 9.82. The fourth-order valence-corrected chi connectivity index (χ4v) is 3.19. The van der Waals surface area contributed by atoms with Gasteiger partial charge in [-0.1, -0.05) is 66.6 Å². The van der Waals surface area contributed by atoms with Crippen molar-refractivity contribution in [3.63, 3.8) is 0 Å². The number of carbonyl (C=O) groups is 1. The summed E-state index contributed by atoms with van der Waals surface area (Å²) in [7, 11) is 0. The van der Waals surface area contributed by atoms with Gasteiger partial charge in [0.2, 0.25) is 5.91 Å². The molecule has 1 N–H and O–H groups in total. The number of benzene rings is 2. The van der Waals surface area contributed by atoms with Crippen molar-refractivity contribution in [1.29, 1.82) is 0 Å². The van der Waals surface area contributed by atoms with Crippen molar-refractivity contribution in [2.75, 3.05) is 5.32 Å². The van der Waals surface area contributed by atoms with Gasteiger partial charge in [0.1, 0.15) is 0 Å². The Hall–Kier alpha value is -2.35. The van der Waals surface area contributed by atoms with E-state index in [1.807, 2.05) is 36.4 Å². The normalized spacial score (nSPS) is 19.5. The van der Waals surface area contributed by atoms with Crippen LogP contribution in [-0.4, -0.2) is 5.91 Å². The summed E-state index contributed by atoms with van der Waals surface area (Å²) < 4.78 is 0. The zero-order valence-corrected chi connectivity index (χ0v) is 13.4. The van der Waals surface area contributed by atoms with Crippen LogP contribution in [0.25, 0.3) is 0 Å². The van der Waals surface area contributed by atoms with Crippen LogP contribution in [0.4, 0.5) is 5.69 Å². The molecule has 1 amide bonds. The van der Waals surface area contributed by atoms with Gasteiger partial charge >= 0.3 is 0 Å². The van der Waals surface area contributed by atoms with E-state index in [9.17, 15) is 4.79 Å². The highest BCUT2D eigenvalue weighted by molar-refractivity contribution is 5.94. The molecule has 0 unspecified atom stereocenters. The molecule has 1 aliphatic carbocycles. The summed E-state index contributed by atoms with van der Waals surface area (Å²) in [6.07, 6.45) is 7.50. The van der Waals surface area contributed by atoms with E-state index in [1.165, 1.54) is 17.6 Å². The first-order chi connectivity index (χ1) is 11.3. The van der Waals surface area contributed by atoms with E-state index in [1.54, 1.807) is 0 Å². The fraction of sp³-hybridized carbons (Fsp3) is 0.286. The molecule has 0 heterocycles. The molecule has 2 aromatic rings. The summed E-state index contributed by atoms with van der Waals surface area (Å²) in [5, 5.41) is 3.06. The Morgan fingerprint density at radius 3 is 2.43 bits per heavy atom. The molecular weight excluding hydrogens is 282 g/mol. The summed E-state index contributed by atoms with van der Waals surface area (Å²) in [5.74, 6) is 0.155. The highest BCUT2D eigenvalue weighted by atomic mass is 16.1. The zero-order chi connectivity index (χ0) is 15.9. The molecule has 0 saturated heterocycles. The van der Waals surface area contributed by atoms with Crippen LogP contribution in [-0.2, 0) is 11.2 Å². The first-order valence-corrected chi connectivity index (χ1v) is 8.42. The van der Waals surface area contributed by atoms with Crippen LogP contribution < -0.4 is 5.32 Å². The van der Waals surface area contributed by atoms with Gasteiger partial charge in [0.25, 0.3) is 0 Å². The standard InChI is InChI=1S/C21H23NO/c23-21(22-19-12-5-2-6-13-19)20-14-8-7-11-18(20)16-15-17-9-3-1-4-10-17/h1-6,9-10,12-13,16,20H,7-8,11,14-15H2,(H,22,23)/b18-16-/t20-/m0/s1. The average molecular weight is 305 g/mol. The predicted molar refractivity (Wildman–Crippen MR) is 95.3 cm³/mol. The molecule has 23 heavy (non-hydrogen) atoms. The summed E-state index contributed by atoms with van der Waals surface area (Å²) in [6, 6.07) is 20.2. The topological polar surface area (TPSA) is 29.1 Å². The molecule has 2 nitrogen and oxygen atoms in total. The van der Waals surface area contributed by atoms with Gasteiger partial charge in [-0.25, -0.2) is 0 Å². The van der Waals surface area contributed by atoms with E-state index in [0.29, 0.717) is 0 Å². The zero-order valence-electron chi connectivity index (χ0n) is 13.4. The minimum Gasteiger partial charge on any atom is -0.326 e. The minimum atomic E-state index is 0.0210. The van der Waals surface area contributed by atoms with Crippen molar-refractivity contribution >= 4 is 11.6 Å². The molecule has 0 aliphatic heterocycles. The Bertz CT molecular complexity index is 661. The molecule has 0 bridgehead atoms. The second kappa shape index (κ2) is 7.77. The maximum absolute atomic E-state index is 12.6. The lowest BCUT2D eigenvalue weighted by Crippen LogP contribution is -2.26. The van der Waals surface area contributed by atoms with Gasteiger partial charge in [0, 0.05) is 5.69 Å². The van der Waals surface area contributed by atoms with E-state index in [4.69, 9.17) is 0 Å². The van der Waals surface area contributed by atoms with E-state index >= 15 is 0 Å². The van der Waals surface area contributed by atoms with Crippen LogP contribution in [0, 0.1) is 5.92 Å². The Balaban J connectivity index is 1.69. The van der Waals surface area contributed by atoms with Crippen molar-refractivity contribution in [2.45, 2.75) is 32.1 Å². The highest BCUT2D eigenvalue weighted by Crippen LogP contribution is 2.30. The summed E-state index contributed by atoms with van der Waals surface area (Å²) >= 11 is 0. The van der Waals surface area contributed by atoms with E-state index < -0.39 is 0 Å². The van der Waals surface area contributed by atoms with E-state index in [0.717, 1.165) is 31.4 Å². The Labute approximate surface area is 138 Å². The quantitative estimate of drug-likeness (QED) is 0.793. The number of allylic oxidation sites excluding steroid dienone is 1. The van der Waals surface area contributed by atoms with Crippen molar-refractivity contribution in [2.24, 2.45) is 5.92 Å². The Kier molecular flexibility index (Phi) is 5.25. The fourth-order valence-electron chi connectivity index (χ4n) is 3.19. The van der Waals surface area contributed by atoms with Gasteiger partial charge in [-0.3, -0.25) is 4.79 Å². The third-order valence-corrected chi connectivity index (χ3v) is 4.46. The molecule has 0 spiro atoms. The maximum atomic E-state index is 12.6. The summed E-state index contributed by atoms with van der Waals surface area (Å²) in [4.78, 5) is 12.6. The largest absolute Gasteiger partial charge is 0.326 e. The van der Waals surface area contributed by atoms with Crippen LogP contribution in [0.5, 0.6) is 0 Å². The van der Waals surface area contributed by atoms with Crippen LogP contribution in [0.15, 0.2) is 72.3 Å². The van der Waals surface area contributed by atoms with Crippen molar-refractivity contribution in [1.82, 2.24) is 0 Å². The predicted octanol–water partition coefficient (Wildman–Crippen LogP) is 4.98. The number of amides is 1. The summed E-state index contributed by atoms with van der Waals surface area (Å²) in [6.45, 7) is 0. The van der Waals surface area contributed by atoms with Crippen LogP contribution in [0.2, 0.25) is 0 Å². The lowest BCUT2D eigenvalue weighted by molar-refractivity contribution is -0.119. The summed E-state index contributed by atoms with van der Waals surface area (Å²) in [5.41, 5.74) is 3.48. The number of anilines is 1. The Morgan fingerprint density at radius 2 is 1.70 bits per heavy atom. The molecule has 1 atom stereocenters. The molecule has 0 aromatic heterocycles.